The summed E-state index contributed by atoms with van der Waals surface area (Å²) in [6, 6.07) is 0. The minimum absolute atomic E-state index is 0.0176. The fourth-order valence-corrected chi connectivity index (χ4v) is 2.44. The normalized spacial score (nSPS) is 11.9. The zero-order valence-corrected chi connectivity index (χ0v) is 11.4. The Morgan fingerprint density at radius 2 is 2.22 bits per heavy atom. The van der Waals surface area contributed by atoms with Crippen LogP contribution in [0, 0.1) is 6.92 Å². The molecule has 0 fully saturated rings. The van der Waals surface area contributed by atoms with E-state index >= 15 is 0 Å². The van der Waals surface area contributed by atoms with Gasteiger partial charge in [0.2, 0.25) is 0 Å². The fraction of sp³-hybridized carbons (Fsp3) is 0.700. The number of hydrogen-bond acceptors (Lipinski definition) is 5. The van der Waals surface area contributed by atoms with Crippen LogP contribution in [0.5, 0.6) is 0 Å². The summed E-state index contributed by atoms with van der Waals surface area (Å²) in [6.45, 7) is 4.84. The number of sulfonamides is 1. The van der Waals surface area contributed by atoms with Crippen LogP contribution in [-0.2, 0) is 21.3 Å². The number of nitrogens with one attached hydrogen (secondary N) is 1. The van der Waals surface area contributed by atoms with Crippen molar-refractivity contribution in [2.45, 2.75) is 25.4 Å². The summed E-state index contributed by atoms with van der Waals surface area (Å²) < 4.78 is 32.8. The number of hydrogen-bond donors (Lipinski definition) is 2. The van der Waals surface area contributed by atoms with Gasteiger partial charge in [0.1, 0.15) is 5.82 Å². The van der Waals surface area contributed by atoms with E-state index in [1.165, 1.54) is 6.20 Å². The Bertz CT molecular complexity index is 469. The number of aliphatic hydroxyl groups is 1. The maximum absolute atomic E-state index is 11.9. The first-order chi connectivity index (χ1) is 8.51. The molecule has 1 aromatic heterocycles. The molecule has 0 spiro atoms. The zero-order valence-electron chi connectivity index (χ0n) is 10.6. The lowest BCUT2D eigenvalue weighted by atomic mass is 10.6. The van der Waals surface area contributed by atoms with E-state index < -0.39 is 10.0 Å². The highest BCUT2D eigenvalue weighted by molar-refractivity contribution is 7.89. The van der Waals surface area contributed by atoms with Gasteiger partial charge in [0, 0.05) is 19.3 Å². The summed E-state index contributed by atoms with van der Waals surface area (Å²) in [5.41, 5.74) is 0. The van der Waals surface area contributed by atoms with Gasteiger partial charge >= 0.3 is 0 Å². The molecule has 1 aromatic rings. The van der Waals surface area contributed by atoms with E-state index in [1.54, 1.807) is 11.5 Å². The van der Waals surface area contributed by atoms with E-state index in [1.807, 2.05) is 6.92 Å². The summed E-state index contributed by atoms with van der Waals surface area (Å²) in [5.74, 6) is 0.661. The van der Waals surface area contributed by atoms with Gasteiger partial charge in [-0.3, -0.25) is 0 Å². The lowest BCUT2D eigenvalue weighted by Crippen LogP contribution is -2.28. The van der Waals surface area contributed by atoms with E-state index in [4.69, 9.17) is 9.84 Å². The minimum Gasteiger partial charge on any atom is -0.394 e. The van der Waals surface area contributed by atoms with Crippen molar-refractivity contribution in [1.82, 2.24) is 14.3 Å². The van der Waals surface area contributed by atoms with Crippen LogP contribution in [0.4, 0.5) is 0 Å². The Morgan fingerprint density at radius 1 is 1.50 bits per heavy atom. The summed E-state index contributed by atoms with van der Waals surface area (Å²) >= 11 is 0. The van der Waals surface area contributed by atoms with Crippen LogP contribution >= 0.6 is 0 Å². The van der Waals surface area contributed by atoms with Crippen molar-refractivity contribution in [3.8, 4) is 0 Å². The minimum atomic E-state index is -3.58. The number of ether oxygens (including phenoxy) is 1. The largest absolute Gasteiger partial charge is 0.394 e. The average molecular weight is 277 g/mol. The van der Waals surface area contributed by atoms with Gasteiger partial charge in [-0.05, 0) is 13.8 Å². The summed E-state index contributed by atoms with van der Waals surface area (Å²) in [7, 11) is -3.58. The van der Waals surface area contributed by atoms with Crippen LogP contribution in [0.2, 0.25) is 0 Å². The van der Waals surface area contributed by atoms with Gasteiger partial charge in [0.25, 0.3) is 10.0 Å². The molecule has 0 atom stereocenters. The summed E-state index contributed by atoms with van der Waals surface area (Å²) in [6.07, 6.45) is 1.51. The number of imidazole rings is 1. The number of aliphatic hydroxyl groups excluding tert-OH is 1. The van der Waals surface area contributed by atoms with Crippen molar-refractivity contribution in [2.75, 3.05) is 26.4 Å². The first-order valence-electron chi connectivity index (χ1n) is 5.73. The highest BCUT2D eigenvalue weighted by atomic mass is 32.2. The number of aryl methyl sites for hydroxylation is 2. The predicted molar refractivity (Wildman–Crippen MR) is 65.7 cm³/mol. The molecule has 0 unspecified atom stereocenters. The molecular weight excluding hydrogens is 258 g/mol. The SMILES string of the molecule is CCn1cc(S(=O)(=O)NCCOCCO)nc1C. The van der Waals surface area contributed by atoms with Gasteiger partial charge in [-0.1, -0.05) is 0 Å². The first-order valence-corrected chi connectivity index (χ1v) is 7.21. The van der Waals surface area contributed by atoms with Crippen LogP contribution in [0.3, 0.4) is 0 Å². The first kappa shape index (κ1) is 15.1. The smallest absolute Gasteiger partial charge is 0.259 e. The van der Waals surface area contributed by atoms with Crippen LogP contribution in [0.15, 0.2) is 11.2 Å². The van der Waals surface area contributed by atoms with Crippen molar-refractivity contribution in [2.24, 2.45) is 0 Å². The van der Waals surface area contributed by atoms with Gasteiger partial charge in [-0.2, -0.15) is 0 Å². The predicted octanol–water partition coefficient (Wildman–Crippen LogP) is -0.501. The molecule has 1 rings (SSSR count). The molecule has 8 heteroatoms. The molecule has 0 saturated carbocycles. The third-order valence-corrected chi connectivity index (χ3v) is 3.68. The highest BCUT2D eigenvalue weighted by Crippen LogP contribution is 2.08. The Labute approximate surface area is 107 Å². The quantitative estimate of drug-likeness (QED) is 0.625. The van der Waals surface area contributed by atoms with Gasteiger partial charge in [0.05, 0.1) is 19.8 Å². The molecule has 0 aromatic carbocycles. The third-order valence-electron chi connectivity index (χ3n) is 2.34. The van der Waals surface area contributed by atoms with Gasteiger partial charge < -0.3 is 14.4 Å². The topological polar surface area (TPSA) is 93.5 Å². The second-order valence-corrected chi connectivity index (χ2v) is 5.36. The molecule has 104 valence electrons. The molecule has 0 radical (unpaired) electrons. The molecule has 2 N–H and O–H groups in total. The molecule has 0 aliphatic carbocycles. The van der Waals surface area contributed by atoms with E-state index in [-0.39, 0.29) is 31.4 Å². The molecule has 1 heterocycles. The van der Waals surface area contributed by atoms with Crippen molar-refractivity contribution in [1.29, 1.82) is 0 Å². The maximum atomic E-state index is 11.9. The highest BCUT2D eigenvalue weighted by Gasteiger charge is 2.18. The van der Waals surface area contributed by atoms with E-state index in [0.29, 0.717) is 12.4 Å². The summed E-state index contributed by atoms with van der Waals surface area (Å²) in [5, 5.41) is 8.51. The van der Waals surface area contributed by atoms with Crippen LogP contribution in [0.25, 0.3) is 0 Å². The van der Waals surface area contributed by atoms with Crippen LogP contribution in [-0.4, -0.2) is 49.4 Å². The second-order valence-electron chi connectivity index (χ2n) is 3.65. The molecule has 0 aliphatic rings. The molecule has 0 bridgehead atoms. The van der Waals surface area contributed by atoms with Crippen molar-refractivity contribution >= 4 is 10.0 Å². The lowest BCUT2D eigenvalue weighted by Gasteiger charge is -2.04. The molecule has 7 nitrogen and oxygen atoms in total. The van der Waals surface area contributed by atoms with Gasteiger partial charge in [0.15, 0.2) is 5.03 Å². The molecule has 0 aliphatic heterocycles. The van der Waals surface area contributed by atoms with E-state index in [9.17, 15) is 8.42 Å². The monoisotopic (exact) mass is 277 g/mol. The molecule has 18 heavy (non-hydrogen) atoms. The molecular formula is C10H19N3O4S. The van der Waals surface area contributed by atoms with Gasteiger partial charge in [-0.25, -0.2) is 18.1 Å². The molecule has 0 amide bonds. The van der Waals surface area contributed by atoms with Crippen LogP contribution in [0.1, 0.15) is 12.7 Å². The van der Waals surface area contributed by atoms with E-state index in [0.717, 1.165) is 0 Å². The number of rotatable bonds is 8. The van der Waals surface area contributed by atoms with Crippen molar-refractivity contribution in [3.05, 3.63) is 12.0 Å². The van der Waals surface area contributed by atoms with Crippen molar-refractivity contribution in [3.63, 3.8) is 0 Å². The van der Waals surface area contributed by atoms with E-state index in [2.05, 4.69) is 9.71 Å². The third kappa shape index (κ3) is 4.05. The Morgan fingerprint density at radius 3 is 2.78 bits per heavy atom. The average Bonchev–Trinajstić information content (AvgIpc) is 2.71. The fourth-order valence-electron chi connectivity index (χ4n) is 1.42. The molecule has 0 saturated heterocycles. The van der Waals surface area contributed by atoms with Gasteiger partial charge in [-0.15, -0.1) is 0 Å². The van der Waals surface area contributed by atoms with Crippen LogP contribution < -0.4 is 4.72 Å². The Kier molecular flexibility index (Phi) is 5.73. The zero-order chi connectivity index (χ0) is 13.6. The maximum Gasteiger partial charge on any atom is 0.259 e. The second kappa shape index (κ2) is 6.83. The Hall–Kier alpha value is -0.960. The number of aromatic nitrogens is 2. The number of nitrogens with zero attached hydrogens (tertiary/aromatic N) is 2. The Balaban J connectivity index is 2.57. The van der Waals surface area contributed by atoms with Crippen molar-refractivity contribution < 1.29 is 18.3 Å². The standard InChI is InChI=1S/C10H19N3O4S/c1-3-13-8-10(12-9(13)2)18(15,16)11-4-6-17-7-5-14/h8,11,14H,3-7H2,1-2H3. The summed E-state index contributed by atoms with van der Waals surface area (Å²) in [4.78, 5) is 4.00. The lowest BCUT2D eigenvalue weighted by molar-refractivity contribution is 0.0961.